The molecule has 1 N–H and O–H groups in total. The Hall–Kier alpha value is -3.00. The Morgan fingerprint density at radius 1 is 1.00 bits per heavy atom. The van der Waals surface area contributed by atoms with Gasteiger partial charge in [0.15, 0.2) is 5.16 Å². The summed E-state index contributed by atoms with van der Waals surface area (Å²) in [6.45, 7) is 2.04. The molecule has 5 nitrogen and oxygen atoms in total. The van der Waals surface area contributed by atoms with E-state index in [2.05, 4.69) is 15.3 Å². The number of thioether (sulfide) groups is 1. The molecule has 0 bridgehead atoms. The van der Waals surface area contributed by atoms with Crippen molar-refractivity contribution in [2.75, 3.05) is 12.4 Å². The summed E-state index contributed by atoms with van der Waals surface area (Å²) < 4.78 is 5.19. The highest BCUT2D eigenvalue weighted by molar-refractivity contribution is 7.99. The zero-order valence-electron chi connectivity index (χ0n) is 18.6. The van der Waals surface area contributed by atoms with Gasteiger partial charge < -0.3 is 10.1 Å². The van der Waals surface area contributed by atoms with E-state index >= 15 is 0 Å². The lowest BCUT2D eigenvalue weighted by Gasteiger charge is -2.11. The van der Waals surface area contributed by atoms with Crippen molar-refractivity contribution >= 4 is 46.7 Å². The monoisotopic (exact) mass is 507 g/mol. The number of aromatic nitrogens is 2. The van der Waals surface area contributed by atoms with Crippen LogP contribution in [-0.4, -0.2) is 23.0 Å². The number of nitrogens with zero attached hydrogens (tertiary/aromatic N) is 2. The number of nitrogens with one attached hydrogen (secondary N) is 1. The maximum atomic E-state index is 13.2. The summed E-state index contributed by atoms with van der Waals surface area (Å²) in [6, 6.07) is 22.9. The summed E-state index contributed by atoms with van der Waals surface area (Å²) in [5, 5.41) is 4.16. The second kappa shape index (κ2) is 11.4. The van der Waals surface area contributed by atoms with Crippen LogP contribution in [0.2, 0.25) is 5.02 Å². The summed E-state index contributed by atoms with van der Waals surface area (Å²) in [5.74, 6) is 1.09. The van der Waals surface area contributed by atoms with Crippen LogP contribution in [0.1, 0.15) is 21.6 Å². The van der Waals surface area contributed by atoms with Gasteiger partial charge in [-0.05, 0) is 61.0 Å². The molecule has 1 amide bonds. The molecule has 0 saturated carbocycles. The molecule has 0 fully saturated rings. The van der Waals surface area contributed by atoms with Crippen molar-refractivity contribution in [3.63, 3.8) is 0 Å². The largest absolute Gasteiger partial charge is 0.497 e. The maximum Gasteiger partial charge on any atom is 0.275 e. The Bertz CT molecular complexity index is 1260. The quantitative estimate of drug-likeness (QED) is 0.202. The Morgan fingerprint density at radius 2 is 1.71 bits per heavy atom. The van der Waals surface area contributed by atoms with Gasteiger partial charge in [0, 0.05) is 27.6 Å². The van der Waals surface area contributed by atoms with Crippen LogP contribution in [0, 0.1) is 6.92 Å². The van der Waals surface area contributed by atoms with Gasteiger partial charge in [-0.2, -0.15) is 0 Å². The average molecular weight is 508 g/mol. The van der Waals surface area contributed by atoms with Crippen LogP contribution in [-0.2, 0) is 5.75 Å². The summed E-state index contributed by atoms with van der Waals surface area (Å²) in [5.41, 5.74) is 3.26. The molecule has 0 saturated heterocycles. The molecule has 3 aromatic carbocycles. The van der Waals surface area contributed by atoms with Crippen molar-refractivity contribution in [3.05, 3.63) is 101 Å². The second-order valence-corrected chi connectivity index (χ2v) is 9.87. The second-order valence-electron chi connectivity index (χ2n) is 7.38. The van der Waals surface area contributed by atoms with Gasteiger partial charge in [0.05, 0.1) is 12.0 Å². The molecule has 172 valence electrons. The van der Waals surface area contributed by atoms with E-state index in [0.29, 0.717) is 32.2 Å². The zero-order valence-corrected chi connectivity index (χ0v) is 21.0. The number of carbonyl (C=O) groups excluding carboxylic acids is 1. The van der Waals surface area contributed by atoms with Gasteiger partial charge >= 0.3 is 0 Å². The first-order chi connectivity index (χ1) is 16.5. The van der Waals surface area contributed by atoms with Crippen molar-refractivity contribution in [2.45, 2.75) is 27.6 Å². The van der Waals surface area contributed by atoms with Crippen LogP contribution in [0.15, 0.2) is 93.9 Å². The lowest BCUT2D eigenvalue weighted by Crippen LogP contribution is -2.16. The number of hydrogen-bond donors (Lipinski definition) is 1. The highest BCUT2D eigenvalue weighted by Crippen LogP contribution is 2.32. The van der Waals surface area contributed by atoms with Crippen molar-refractivity contribution in [1.29, 1.82) is 0 Å². The van der Waals surface area contributed by atoms with E-state index in [1.807, 2.05) is 55.5 Å². The third-order valence-electron chi connectivity index (χ3n) is 4.83. The van der Waals surface area contributed by atoms with Gasteiger partial charge in [-0.25, -0.2) is 9.97 Å². The minimum absolute atomic E-state index is 0.296. The summed E-state index contributed by atoms with van der Waals surface area (Å²) in [4.78, 5) is 24.0. The lowest BCUT2D eigenvalue weighted by atomic mass is 10.2. The molecule has 0 aliphatic heterocycles. The van der Waals surface area contributed by atoms with Crippen molar-refractivity contribution in [1.82, 2.24) is 9.97 Å². The fourth-order valence-corrected chi connectivity index (χ4v) is 4.75. The minimum atomic E-state index is -0.296. The van der Waals surface area contributed by atoms with Gasteiger partial charge in [-0.1, -0.05) is 65.0 Å². The predicted molar refractivity (Wildman–Crippen MR) is 139 cm³/mol. The Kier molecular flexibility index (Phi) is 8.11. The fraction of sp³-hybridized carbons (Fsp3) is 0.115. The number of benzene rings is 3. The number of ether oxygens (including phenoxy) is 1. The molecule has 8 heteroatoms. The Morgan fingerprint density at radius 3 is 2.38 bits per heavy atom. The van der Waals surface area contributed by atoms with Gasteiger partial charge in [-0.15, -0.1) is 0 Å². The molecule has 34 heavy (non-hydrogen) atoms. The molecule has 0 atom stereocenters. The number of halogens is 1. The summed E-state index contributed by atoms with van der Waals surface area (Å²) in [6.07, 6.45) is 1.71. The van der Waals surface area contributed by atoms with Crippen LogP contribution in [0.4, 0.5) is 5.69 Å². The van der Waals surface area contributed by atoms with Gasteiger partial charge in [0.1, 0.15) is 11.4 Å². The van der Waals surface area contributed by atoms with Gasteiger partial charge in [0.25, 0.3) is 5.91 Å². The first-order valence-corrected chi connectivity index (χ1v) is 12.6. The molecule has 4 aromatic rings. The van der Waals surface area contributed by atoms with E-state index in [4.69, 9.17) is 16.3 Å². The minimum Gasteiger partial charge on any atom is -0.497 e. The summed E-state index contributed by atoms with van der Waals surface area (Å²) >= 11 is 8.91. The normalized spacial score (nSPS) is 10.7. The lowest BCUT2D eigenvalue weighted by molar-refractivity contribution is 0.101. The third-order valence-corrected chi connectivity index (χ3v) is 7.04. The maximum absolute atomic E-state index is 13.2. The number of rotatable bonds is 8. The number of amides is 1. The van der Waals surface area contributed by atoms with Gasteiger partial charge in [0.2, 0.25) is 0 Å². The standard InChI is InChI=1S/C26H22ClN3O2S2/c1-17-3-13-22(14-4-17)34-23-15-28-26(33-16-18-5-7-19(27)8-6-18)30-24(23)25(31)29-20-9-11-21(32-2)12-10-20/h3-15H,16H2,1-2H3,(H,29,31). The number of methoxy groups -OCH3 is 1. The molecule has 1 heterocycles. The highest BCUT2D eigenvalue weighted by atomic mass is 35.5. The van der Waals surface area contributed by atoms with Crippen LogP contribution in [0.5, 0.6) is 5.75 Å². The molecule has 0 spiro atoms. The molecule has 0 radical (unpaired) electrons. The van der Waals surface area contributed by atoms with Crippen molar-refractivity contribution in [2.24, 2.45) is 0 Å². The van der Waals surface area contributed by atoms with E-state index in [9.17, 15) is 4.79 Å². The van der Waals surface area contributed by atoms with Crippen LogP contribution in [0.3, 0.4) is 0 Å². The topological polar surface area (TPSA) is 64.1 Å². The van der Waals surface area contributed by atoms with E-state index in [0.717, 1.165) is 16.2 Å². The molecular weight excluding hydrogens is 486 g/mol. The molecule has 1 aromatic heterocycles. The summed E-state index contributed by atoms with van der Waals surface area (Å²) in [7, 11) is 1.60. The smallest absolute Gasteiger partial charge is 0.275 e. The predicted octanol–water partition coefficient (Wildman–Crippen LogP) is 7.14. The number of anilines is 1. The SMILES string of the molecule is COc1ccc(NC(=O)c2nc(SCc3ccc(Cl)cc3)ncc2Sc2ccc(C)cc2)cc1. The number of aryl methyl sites for hydroxylation is 1. The molecule has 0 aliphatic carbocycles. The van der Waals surface area contributed by atoms with Crippen LogP contribution in [0.25, 0.3) is 0 Å². The third kappa shape index (κ3) is 6.53. The van der Waals surface area contributed by atoms with E-state index in [-0.39, 0.29) is 5.91 Å². The van der Waals surface area contributed by atoms with Crippen LogP contribution >= 0.6 is 35.1 Å². The van der Waals surface area contributed by atoms with Crippen LogP contribution < -0.4 is 10.1 Å². The molecule has 0 aliphatic rings. The van der Waals surface area contributed by atoms with Gasteiger partial charge in [-0.3, -0.25) is 4.79 Å². The first-order valence-electron chi connectivity index (χ1n) is 10.4. The molecule has 4 rings (SSSR count). The average Bonchev–Trinajstić information content (AvgIpc) is 2.86. The Balaban J connectivity index is 1.58. The van der Waals surface area contributed by atoms with Crippen molar-refractivity contribution < 1.29 is 9.53 Å². The Labute approximate surface area is 212 Å². The number of hydrogen-bond acceptors (Lipinski definition) is 6. The molecule has 0 unspecified atom stereocenters. The fourth-order valence-electron chi connectivity index (χ4n) is 2.99. The first kappa shape index (κ1) is 24.1. The molecular formula is C26H22ClN3O2S2. The van der Waals surface area contributed by atoms with E-state index in [1.165, 1.54) is 29.1 Å². The number of carbonyl (C=O) groups is 1. The van der Waals surface area contributed by atoms with E-state index < -0.39 is 0 Å². The van der Waals surface area contributed by atoms with Crippen molar-refractivity contribution in [3.8, 4) is 5.75 Å². The van der Waals surface area contributed by atoms with E-state index in [1.54, 1.807) is 37.6 Å². The highest BCUT2D eigenvalue weighted by Gasteiger charge is 2.17. The zero-order chi connectivity index (χ0) is 23.9.